The summed E-state index contributed by atoms with van der Waals surface area (Å²) < 4.78 is 5.66. The van der Waals surface area contributed by atoms with E-state index in [1.807, 2.05) is 13.8 Å². The van der Waals surface area contributed by atoms with Gasteiger partial charge in [-0.3, -0.25) is 4.98 Å². The number of aldehydes is 1. The van der Waals surface area contributed by atoms with Gasteiger partial charge in [-0.05, 0) is 26.7 Å². The number of hydrogen-bond donors (Lipinski definition) is 0. The summed E-state index contributed by atoms with van der Waals surface area (Å²) in [6, 6.07) is 0. The lowest BCUT2D eigenvalue weighted by molar-refractivity contribution is -0.107. The Hall–Kier alpha value is -1.38. The third kappa shape index (κ3) is 3.70. The topological polar surface area (TPSA) is 39.2 Å². The predicted octanol–water partition coefficient (Wildman–Crippen LogP) is 2.45. The van der Waals surface area contributed by atoms with Crippen LogP contribution in [0.3, 0.4) is 0 Å². The van der Waals surface area contributed by atoms with Gasteiger partial charge in [0.25, 0.3) is 0 Å². The first kappa shape index (κ1) is 11.7. The zero-order valence-corrected chi connectivity index (χ0v) is 9.32. The fraction of sp³-hybridized carbons (Fsp3) is 0.500. The third-order valence-corrected chi connectivity index (χ3v) is 2.22. The lowest BCUT2D eigenvalue weighted by Crippen LogP contribution is -2.01. The van der Waals surface area contributed by atoms with Crippen molar-refractivity contribution >= 4 is 6.29 Å². The van der Waals surface area contributed by atoms with E-state index >= 15 is 0 Å². The summed E-state index contributed by atoms with van der Waals surface area (Å²) in [4.78, 5) is 14.2. The molecule has 15 heavy (non-hydrogen) atoms. The second kappa shape index (κ2) is 6.17. The van der Waals surface area contributed by atoms with Crippen molar-refractivity contribution in [2.24, 2.45) is 0 Å². The lowest BCUT2D eigenvalue weighted by Gasteiger charge is -2.10. The molecule has 0 fully saturated rings. The molecule has 1 aromatic heterocycles. The summed E-state index contributed by atoms with van der Waals surface area (Å²) in [5.74, 6) is 0.927. The Labute approximate surface area is 90.5 Å². The highest BCUT2D eigenvalue weighted by Crippen LogP contribution is 2.21. The molecule has 0 unspecified atom stereocenters. The smallest absolute Gasteiger partial charge is 0.128 e. The minimum Gasteiger partial charge on any atom is -0.493 e. The van der Waals surface area contributed by atoms with Gasteiger partial charge in [-0.2, -0.15) is 0 Å². The maximum absolute atomic E-state index is 10.1. The first-order valence-electron chi connectivity index (χ1n) is 5.23. The van der Waals surface area contributed by atoms with E-state index < -0.39 is 0 Å². The normalized spacial score (nSPS) is 10.0. The van der Waals surface area contributed by atoms with Crippen molar-refractivity contribution in [2.75, 3.05) is 6.61 Å². The minimum absolute atomic E-state index is 0.623. The van der Waals surface area contributed by atoms with E-state index in [9.17, 15) is 4.79 Å². The number of aromatic nitrogens is 1. The second-order valence-corrected chi connectivity index (χ2v) is 3.61. The number of carbonyl (C=O) groups excluding carboxylic acids is 1. The average Bonchev–Trinajstić information content (AvgIpc) is 2.21. The maximum atomic E-state index is 10.1. The molecular formula is C12H17NO2. The van der Waals surface area contributed by atoms with E-state index in [2.05, 4.69) is 4.98 Å². The second-order valence-electron chi connectivity index (χ2n) is 3.61. The first-order chi connectivity index (χ1) is 7.25. The summed E-state index contributed by atoms with van der Waals surface area (Å²) in [6.45, 7) is 4.64. The number of rotatable bonds is 6. The molecule has 0 aliphatic rings. The molecule has 0 radical (unpaired) electrons. The molecule has 0 amide bonds. The Morgan fingerprint density at radius 1 is 1.27 bits per heavy atom. The van der Waals surface area contributed by atoms with Gasteiger partial charge in [0.1, 0.15) is 12.0 Å². The van der Waals surface area contributed by atoms with Crippen LogP contribution in [0.2, 0.25) is 0 Å². The predicted molar refractivity (Wildman–Crippen MR) is 59.1 cm³/mol. The Morgan fingerprint density at radius 2 is 1.93 bits per heavy atom. The highest BCUT2D eigenvalue weighted by atomic mass is 16.5. The number of nitrogens with zero attached hydrogens (tertiary/aromatic N) is 1. The van der Waals surface area contributed by atoms with Gasteiger partial charge in [-0.25, -0.2) is 0 Å². The van der Waals surface area contributed by atoms with Gasteiger partial charge < -0.3 is 9.53 Å². The Bertz CT molecular complexity index is 303. The molecule has 0 atom stereocenters. The fourth-order valence-corrected chi connectivity index (χ4v) is 1.42. The van der Waals surface area contributed by atoms with Gasteiger partial charge in [0.15, 0.2) is 0 Å². The van der Waals surface area contributed by atoms with E-state index in [1.54, 1.807) is 12.4 Å². The molecule has 0 aromatic carbocycles. The quantitative estimate of drug-likeness (QED) is 0.531. The van der Waals surface area contributed by atoms with Crippen LogP contribution in [0.4, 0.5) is 0 Å². The summed E-state index contributed by atoms with van der Waals surface area (Å²) in [5.41, 5.74) is 2.12. The monoisotopic (exact) mass is 207 g/mol. The number of hydrogen-bond acceptors (Lipinski definition) is 3. The molecule has 0 spiro atoms. The van der Waals surface area contributed by atoms with Crippen molar-refractivity contribution < 1.29 is 9.53 Å². The van der Waals surface area contributed by atoms with Crippen molar-refractivity contribution in [3.8, 4) is 5.75 Å². The Kier molecular flexibility index (Phi) is 4.81. The van der Waals surface area contributed by atoms with Crippen molar-refractivity contribution in [3.63, 3.8) is 0 Å². The van der Waals surface area contributed by atoms with Crippen LogP contribution in [-0.4, -0.2) is 17.9 Å². The number of carbonyl (C=O) groups is 1. The van der Waals surface area contributed by atoms with Crippen LogP contribution in [0.25, 0.3) is 0 Å². The van der Waals surface area contributed by atoms with Crippen molar-refractivity contribution in [3.05, 3.63) is 23.5 Å². The van der Waals surface area contributed by atoms with Gasteiger partial charge in [0.05, 0.1) is 6.61 Å². The van der Waals surface area contributed by atoms with E-state index in [1.165, 1.54) is 0 Å². The van der Waals surface area contributed by atoms with Gasteiger partial charge in [0.2, 0.25) is 0 Å². The fourth-order valence-electron chi connectivity index (χ4n) is 1.42. The summed E-state index contributed by atoms with van der Waals surface area (Å²) in [5, 5.41) is 0. The number of pyridine rings is 1. The molecule has 0 saturated heterocycles. The molecule has 3 heteroatoms. The van der Waals surface area contributed by atoms with Crippen molar-refractivity contribution in [2.45, 2.75) is 33.1 Å². The SMILES string of the molecule is Cc1cncc(C)c1OCCCCC=O. The standard InChI is InChI=1S/C12H17NO2/c1-10-8-13-9-11(2)12(10)15-7-5-3-4-6-14/h6,8-9H,3-5,7H2,1-2H3. The van der Waals surface area contributed by atoms with Crippen LogP contribution >= 0.6 is 0 Å². The van der Waals surface area contributed by atoms with Crippen LogP contribution in [0.5, 0.6) is 5.75 Å². The zero-order valence-electron chi connectivity index (χ0n) is 9.32. The molecule has 0 saturated carbocycles. The maximum Gasteiger partial charge on any atom is 0.128 e. The van der Waals surface area contributed by atoms with Gasteiger partial charge in [0, 0.05) is 29.9 Å². The van der Waals surface area contributed by atoms with E-state index in [0.717, 1.165) is 36.0 Å². The largest absolute Gasteiger partial charge is 0.493 e. The minimum atomic E-state index is 0.623. The van der Waals surface area contributed by atoms with Gasteiger partial charge in [-0.15, -0.1) is 0 Å². The number of ether oxygens (including phenoxy) is 1. The van der Waals surface area contributed by atoms with E-state index in [4.69, 9.17) is 4.74 Å². The number of unbranched alkanes of at least 4 members (excludes halogenated alkanes) is 2. The molecule has 0 aliphatic carbocycles. The summed E-state index contributed by atoms with van der Waals surface area (Å²) >= 11 is 0. The van der Waals surface area contributed by atoms with Crippen molar-refractivity contribution in [1.29, 1.82) is 0 Å². The summed E-state index contributed by atoms with van der Waals surface area (Å²) in [6.07, 6.45) is 6.98. The van der Waals surface area contributed by atoms with Crippen LogP contribution in [-0.2, 0) is 4.79 Å². The molecule has 0 N–H and O–H groups in total. The van der Waals surface area contributed by atoms with Gasteiger partial charge >= 0.3 is 0 Å². The van der Waals surface area contributed by atoms with Crippen LogP contribution in [0, 0.1) is 13.8 Å². The zero-order chi connectivity index (χ0) is 11.1. The molecule has 0 aliphatic heterocycles. The Balaban J connectivity index is 2.40. The highest BCUT2D eigenvalue weighted by molar-refractivity contribution is 5.48. The van der Waals surface area contributed by atoms with Crippen LogP contribution < -0.4 is 4.74 Å². The van der Waals surface area contributed by atoms with Crippen LogP contribution in [0.1, 0.15) is 30.4 Å². The van der Waals surface area contributed by atoms with E-state index in [0.29, 0.717) is 13.0 Å². The average molecular weight is 207 g/mol. The molecule has 1 heterocycles. The molecule has 82 valence electrons. The van der Waals surface area contributed by atoms with Gasteiger partial charge in [-0.1, -0.05) is 0 Å². The number of aryl methyl sites for hydroxylation is 2. The van der Waals surface area contributed by atoms with Crippen LogP contribution in [0.15, 0.2) is 12.4 Å². The Morgan fingerprint density at radius 3 is 2.53 bits per heavy atom. The lowest BCUT2D eigenvalue weighted by atomic mass is 10.2. The third-order valence-electron chi connectivity index (χ3n) is 2.22. The summed E-state index contributed by atoms with van der Waals surface area (Å²) in [7, 11) is 0. The van der Waals surface area contributed by atoms with E-state index in [-0.39, 0.29) is 0 Å². The highest BCUT2D eigenvalue weighted by Gasteiger charge is 2.02. The molecule has 0 bridgehead atoms. The molecule has 1 aromatic rings. The molecule has 3 nitrogen and oxygen atoms in total. The molecular weight excluding hydrogens is 190 g/mol. The molecule has 1 rings (SSSR count). The van der Waals surface area contributed by atoms with Crippen molar-refractivity contribution in [1.82, 2.24) is 4.98 Å². The first-order valence-corrected chi connectivity index (χ1v) is 5.23.